The molecule has 138 valence electrons. The van der Waals surface area contributed by atoms with Crippen LogP contribution >= 0.6 is 11.6 Å². The maximum atomic E-state index is 12.3. The van der Waals surface area contributed by atoms with Crippen molar-refractivity contribution in [3.05, 3.63) is 81.1 Å². The van der Waals surface area contributed by atoms with Crippen LogP contribution in [0.3, 0.4) is 0 Å². The minimum atomic E-state index is -0.717. The minimum absolute atomic E-state index is 0.128. The minimum Gasteiger partial charge on any atom is -0.452 e. The van der Waals surface area contributed by atoms with Crippen molar-refractivity contribution in [3.8, 4) is 0 Å². The van der Waals surface area contributed by atoms with Gasteiger partial charge in [-0.1, -0.05) is 41.9 Å². The molecule has 0 aliphatic rings. The summed E-state index contributed by atoms with van der Waals surface area (Å²) in [6.45, 7) is -0.00741. The number of aromatic nitrogens is 1. The van der Waals surface area contributed by atoms with Crippen LogP contribution in [-0.2, 0) is 16.0 Å². The van der Waals surface area contributed by atoms with Crippen molar-refractivity contribution in [3.63, 3.8) is 0 Å². The first-order valence-corrected chi connectivity index (χ1v) is 8.71. The molecular weight excluding hydrogens is 368 g/mol. The van der Waals surface area contributed by atoms with E-state index in [4.69, 9.17) is 16.3 Å². The molecule has 0 spiro atoms. The number of fused-ring (bicyclic) bond motifs is 1. The fourth-order valence-corrected chi connectivity index (χ4v) is 2.76. The largest absolute Gasteiger partial charge is 0.452 e. The first-order valence-electron chi connectivity index (χ1n) is 8.33. The lowest BCUT2D eigenvalue weighted by molar-refractivity contribution is -0.124. The van der Waals surface area contributed by atoms with Crippen LogP contribution in [0.4, 0.5) is 0 Å². The number of H-pyrrole nitrogens is 1. The number of rotatable bonds is 6. The molecule has 0 radical (unpaired) electrons. The Morgan fingerprint density at radius 2 is 1.81 bits per heavy atom. The second-order valence-corrected chi connectivity index (χ2v) is 6.33. The molecule has 0 aliphatic carbocycles. The number of carbonyl (C=O) groups is 2. The number of aromatic amines is 1. The Labute approximate surface area is 160 Å². The van der Waals surface area contributed by atoms with Gasteiger partial charge in [-0.3, -0.25) is 9.59 Å². The Morgan fingerprint density at radius 1 is 1.07 bits per heavy atom. The Balaban J connectivity index is 1.54. The Hall–Kier alpha value is -3.12. The first kappa shape index (κ1) is 18.7. The molecule has 0 saturated carbocycles. The third kappa shape index (κ3) is 4.95. The van der Waals surface area contributed by atoms with E-state index in [2.05, 4.69) is 10.3 Å². The predicted molar refractivity (Wildman–Crippen MR) is 103 cm³/mol. The Morgan fingerprint density at radius 3 is 2.59 bits per heavy atom. The molecule has 0 atom stereocenters. The lowest BCUT2D eigenvalue weighted by Gasteiger charge is -2.08. The Kier molecular flexibility index (Phi) is 5.88. The number of ether oxygens (including phenoxy) is 1. The quantitative estimate of drug-likeness (QED) is 0.639. The average Bonchev–Trinajstić information content (AvgIpc) is 2.67. The van der Waals surface area contributed by atoms with Crippen molar-refractivity contribution in [2.75, 3.05) is 13.2 Å². The monoisotopic (exact) mass is 384 g/mol. The smallest absolute Gasteiger partial charge is 0.339 e. The number of halogens is 1. The van der Waals surface area contributed by atoms with E-state index in [9.17, 15) is 14.4 Å². The molecule has 0 fully saturated rings. The summed E-state index contributed by atoms with van der Waals surface area (Å²) < 4.78 is 5.05. The highest BCUT2D eigenvalue weighted by molar-refractivity contribution is 6.30. The molecule has 7 heteroatoms. The van der Waals surface area contributed by atoms with E-state index in [1.54, 1.807) is 36.4 Å². The van der Waals surface area contributed by atoms with E-state index in [-0.39, 0.29) is 5.56 Å². The van der Waals surface area contributed by atoms with Gasteiger partial charge >= 0.3 is 5.97 Å². The third-order valence-electron chi connectivity index (χ3n) is 3.95. The van der Waals surface area contributed by atoms with Crippen LogP contribution in [0.1, 0.15) is 15.9 Å². The van der Waals surface area contributed by atoms with Crippen LogP contribution in [0.15, 0.2) is 59.4 Å². The zero-order valence-electron chi connectivity index (χ0n) is 14.3. The van der Waals surface area contributed by atoms with Crippen molar-refractivity contribution in [2.45, 2.75) is 6.42 Å². The highest BCUT2D eigenvalue weighted by atomic mass is 35.5. The SMILES string of the molecule is O=C(COC(=O)c1cc(=O)[nH]c2ccccc12)NCCc1ccc(Cl)cc1. The second kappa shape index (κ2) is 8.51. The molecule has 6 nitrogen and oxygen atoms in total. The fourth-order valence-electron chi connectivity index (χ4n) is 2.63. The van der Waals surface area contributed by atoms with Gasteiger partial charge in [0.1, 0.15) is 0 Å². The van der Waals surface area contributed by atoms with E-state index in [0.717, 1.165) is 5.56 Å². The van der Waals surface area contributed by atoms with Gasteiger partial charge < -0.3 is 15.0 Å². The number of para-hydroxylation sites is 1. The zero-order valence-corrected chi connectivity index (χ0v) is 15.1. The van der Waals surface area contributed by atoms with Crippen molar-refractivity contribution in [1.29, 1.82) is 0 Å². The van der Waals surface area contributed by atoms with E-state index < -0.39 is 24.0 Å². The molecular formula is C20H17ClN2O4. The van der Waals surface area contributed by atoms with Crippen molar-refractivity contribution in [1.82, 2.24) is 10.3 Å². The van der Waals surface area contributed by atoms with Crippen molar-refractivity contribution >= 4 is 34.4 Å². The normalized spacial score (nSPS) is 10.6. The van der Waals surface area contributed by atoms with Gasteiger partial charge in [0.05, 0.1) is 5.56 Å². The third-order valence-corrected chi connectivity index (χ3v) is 4.21. The molecule has 0 unspecified atom stereocenters. The lowest BCUT2D eigenvalue weighted by Crippen LogP contribution is -2.30. The van der Waals surface area contributed by atoms with Gasteiger partial charge in [-0.2, -0.15) is 0 Å². The molecule has 27 heavy (non-hydrogen) atoms. The lowest BCUT2D eigenvalue weighted by atomic mass is 10.1. The molecule has 3 aromatic rings. The van der Waals surface area contributed by atoms with Crippen LogP contribution in [0.5, 0.6) is 0 Å². The number of hydrogen-bond acceptors (Lipinski definition) is 4. The number of carbonyl (C=O) groups excluding carboxylic acids is 2. The summed E-state index contributed by atoms with van der Waals surface area (Å²) in [5.41, 5.74) is 1.28. The summed E-state index contributed by atoms with van der Waals surface area (Å²) >= 11 is 5.82. The van der Waals surface area contributed by atoms with E-state index in [1.165, 1.54) is 6.07 Å². The maximum Gasteiger partial charge on any atom is 0.339 e. The van der Waals surface area contributed by atoms with Crippen molar-refractivity contribution in [2.24, 2.45) is 0 Å². The number of amides is 1. The van der Waals surface area contributed by atoms with Gasteiger partial charge in [0.2, 0.25) is 5.56 Å². The highest BCUT2D eigenvalue weighted by Crippen LogP contribution is 2.15. The topological polar surface area (TPSA) is 88.3 Å². The number of esters is 1. The van der Waals surface area contributed by atoms with Crippen LogP contribution in [0.25, 0.3) is 10.9 Å². The number of pyridine rings is 1. The van der Waals surface area contributed by atoms with Gasteiger partial charge in [-0.05, 0) is 30.2 Å². The summed E-state index contributed by atoms with van der Waals surface area (Å²) in [6.07, 6.45) is 0.634. The first-order chi connectivity index (χ1) is 13.0. The Bertz CT molecular complexity index is 1030. The van der Waals surface area contributed by atoms with Gasteiger partial charge in [-0.15, -0.1) is 0 Å². The number of benzene rings is 2. The molecule has 0 saturated heterocycles. The molecule has 0 aliphatic heterocycles. The summed E-state index contributed by atoms with van der Waals surface area (Å²) in [4.78, 5) is 38.5. The van der Waals surface area contributed by atoms with Crippen LogP contribution in [0.2, 0.25) is 5.02 Å². The maximum absolute atomic E-state index is 12.3. The van der Waals surface area contributed by atoms with Gasteiger partial charge in [-0.25, -0.2) is 4.79 Å². The van der Waals surface area contributed by atoms with E-state index >= 15 is 0 Å². The van der Waals surface area contributed by atoms with Crippen LogP contribution in [-0.4, -0.2) is 30.0 Å². The molecule has 3 rings (SSSR count). The zero-order chi connectivity index (χ0) is 19.2. The summed E-state index contributed by atoms with van der Waals surface area (Å²) in [5.74, 6) is -1.13. The standard InChI is InChI=1S/C20H17ClN2O4/c21-14-7-5-13(6-8-14)9-10-22-19(25)12-27-20(26)16-11-18(24)23-17-4-2-1-3-15(16)17/h1-8,11H,9-10,12H2,(H,22,25)(H,23,24). The highest BCUT2D eigenvalue weighted by Gasteiger charge is 2.14. The molecule has 1 amide bonds. The van der Waals surface area contributed by atoms with Gasteiger partial charge in [0.25, 0.3) is 5.91 Å². The van der Waals surface area contributed by atoms with Gasteiger partial charge in [0, 0.05) is 28.5 Å². The van der Waals surface area contributed by atoms with E-state index in [1.807, 2.05) is 12.1 Å². The van der Waals surface area contributed by atoms with Gasteiger partial charge in [0.15, 0.2) is 6.61 Å². The summed E-state index contributed by atoms with van der Waals surface area (Å²) in [6, 6.07) is 15.4. The molecule has 0 bridgehead atoms. The number of hydrogen-bond donors (Lipinski definition) is 2. The van der Waals surface area contributed by atoms with E-state index in [0.29, 0.717) is 28.9 Å². The fraction of sp³-hybridized carbons (Fsp3) is 0.150. The predicted octanol–water partition coefficient (Wildman–Crippen LogP) is 2.70. The summed E-state index contributed by atoms with van der Waals surface area (Å²) in [5, 5.41) is 3.90. The molecule has 2 aromatic carbocycles. The number of nitrogens with one attached hydrogen (secondary N) is 2. The molecule has 2 N–H and O–H groups in total. The van der Waals surface area contributed by atoms with Crippen molar-refractivity contribution < 1.29 is 14.3 Å². The van der Waals surface area contributed by atoms with Crippen LogP contribution in [0, 0.1) is 0 Å². The average molecular weight is 385 g/mol. The molecule has 1 aromatic heterocycles. The summed E-state index contributed by atoms with van der Waals surface area (Å²) in [7, 11) is 0. The molecule has 1 heterocycles. The second-order valence-electron chi connectivity index (χ2n) is 5.90. The van der Waals surface area contributed by atoms with Crippen LogP contribution < -0.4 is 10.9 Å².